The summed E-state index contributed by atoms with van der Waals surface area (Å²) in [6.07, 6.45) is -3.65. The second kappa shape index (κ2) is 6.44. The first-order valence-corrected chi connectivity index (χ1v) is 5.83. The van der Waals surface area contributed by atoms with Crippen LogP contribution in [0.15, 0.2) is 23.8 Å². The molecule has 0 aliphatic carbocycles. The Morgan fingerprint density at radius 3 is 2.65 bits per heavy atom. The molecule has 0 heterocycles. The van der Waals surface area contributed by atoms with Crippen molar-refractivity contribution in [1.29, 1.82) is 5.26 Å². The average Bonchev–Trinajstić information content (AvgIpc) is 2.36. The molecular formula is C13H9ClF3NO2. The fourth-order valence-corrected chi connectivity index (χ4v) is 1.67. The molecule has 0 fully saturated rings. The summed E-state index contributed by atoms with van der Waals surface area (Å²) < 4.78 is 42.6. The number of ether oxygens (including phenoxy) is 1. The molecule has 106 valence electrons. The topological polar surface area (TPSA) is 50.1 Å². The number of esters is 1. The van der Waals surface area contributed by atoms with E-state index in [1.54, 1.807) is 13.0 Å². The van der Waals surface area contributed by atoms with E-state index in [2.05, 4.69) is 4.74 Å². The Labute approximate surface area is 118 Å². The van der Waals surface area contributed by atoms with E-state index >= 15 is 0 Å². The molecule has 7 heteroatoms. The minimum atomic E-state index is -4.61. The molecule has 0 radical (unpaired) electrons. The van der Waals surface area contributed by atoms with Crippen LogP contribution in [0.4, 0.5) is 13.2 Å². The molecule has 1 rings (SSSR count). The third-order valence-electron chi connectivity index (χ3n) is 2.25. The van der Waals surface area contributed by atoms with Gasteiger partial charge in [0.2, 0.25) is 0 Å². The molecule has 3 nitrogen and oxygen atoms in total. The summed E-state index contributed by atoms with van der Waals surface area (Å²) in [6.45, 7) is 1.60. The lowest BCUT2D eigenvalue weighted by Gasteiger charge is -2.10. The molecular weight excluding hydrogens is 295 g/mol. The smallest absolute Gasteiger partial charge is 0.417 e. The quantitative estimate of drug-likeness (QED) is 0.484. The van der Waals surface area contributed by atoms with Gasteiger partial charge in [0.1, 0.15) is 11.6 Å². The van der Waals surface area contributed by atoms with E-state index in [9.17, 15) is 18.0 Å². The summed E-state index contributed by atoms with van der Waals surface area (Å²) in [7, 11) is 0. The first-order chi connectivity index (χ1) is 9.31. The van der Waals surface area contributed by atoms with Gasteiger partial charge in [-0.3, -0.25) is 0 Å². The zero-order valence-electron chi connectivity index (χ0n) is 10.3. The van der Waals surface area contributed by atoms with Gasteiger partial charge in [0.25, 0.3) is 0 Å². The molecule has 0 saturated heterocycles. The van der Waals surface area contributed by atoms with Crippen molar-refractivity contribution in [2.24, 2.45) is 0 Å². The lowest BCUT2D eigenvalue weighted by Crippen LogP contribution is -2.08. The fourth-order valence-electron chi connectivity index (χ4n) is 1.38. The molecule has 0 amide bonds. The Morgan fingerprint density at radius 2 is 2.15 bits per heavy atom. The van der Waals surface area contributed by atoms with Gasteiger partial charge in [-0.25, -0.2) is 4.79 Å². The normalized spacial score (nSPS) is 11.9. The molecule has 0 bridgehead atoms. The van der Waals surface area contributed by atoms with E-state index in [4.69, 9.17) is 16.9 Å². The van der Waals surface area contributed by atoms with Gasteiger partial charge in [-0.15, -0.1) is 0 Å². The Bertz CT molecular complexity index is 588. The number of alkyl halides is 3. The van der Waals surface area contributed by atoms with Crippen LogP contribution >= 0.6 is 11.6 Å². The summed E-state index contributed by atoms with van der Waals surface area (Å²) in [4.78, 5) is 11.4. The Balaban J connectivity index is 3.28. The van der Waals surface area contributed by atoms with Crippen molar-refractivity contribution in [3.63, 3.8) is 0 Å². The predicted octanol–water partition coefficient (Wildman–Crippen LogP) is 3.83. The summed E-state index contributed by atoms with van der Waals surface area (Å²) >= 11 is 5.65. The number of carbonyl (C=O) groups excluding carboxylic acids is 1. The van der Waals surface area contributed by atoms with Crippen LogP contribution in [0.25, 0.3) is 6.08 Å². The lowest BCUT2D eigenvalue weighted by atomic mass is 10.1. The number of halogens is 4. The highest BCUT2D eigenvalue weighted by Crippen LogP contribution is 2.36. The number of rotatable bonds is 3. The van der Waals surface area contributed by atoms with E-state index < -0.39 is 28.3 Å². The van der Waals surface area contributed by atoms with Gasteiger partial charge in [0.15, 0.2) is 0 Å². The Morgan fingerprint density at radius 1 is 1.50 bits per heavy atom. The van der Waals surface area contributed by atoms with Gasteiger partial charge in [-0.1, -0.05) is 23.7 Å². The molecule has 20 heavy (non-hydrogen) atoms. The second-order valence-electron chi connectivity index (χ2n) is 3.60. The third-order valence-corrected chi connectivity index (χ3v) is 2.67. The van der Waals surface area contributed by atoms with Crippen molar-refractivity contribution in [3.8, 4) is 6.07 Å². The number of nitriles is 1. The SMILES string of the molecule is CCOC(=O)/C(C#N)=C\c1cccc(C(F)(F)F)c1Cl. The number of carbonyl (C=O) groups is 1. The van der Waals surface area contributed by atoms with Crippen LogP contribution in [0.1, 0.15) is 18.1 Å². The number of hydrogen-bond donors (Lipinski definition) is 0. The van der Waals surface area contributed by atoms with Crippen molar-refractivity contribution < 1.29 is 22.7 Å². The zero-order valence-corrected chi connectivity index (χ0v) is 11.0. The van der Waals surface area contributed by atoms with E-state index in [-0.39, 0.29) is 12.2 Å². The Hall–Kier alpha value is -2.00. The molecule has 0 aromatic heterocycles. The van der Waals surface area contributed by atoms with Crippen LogP contribution in [0.3, 0.4) is 0 Å². The molecule has 0 aliphatic heterocycles. The van der Waals surface area contributed by atoms with Crippen LogP contribution in [0.2, 0.25) is 5.02 Å². The number of nitrogens with zero attached hydrogens (tertiary/aromatic N) is 1. The minimum absolute atomic E-state index is 0.0498. The van der Waals surface area contributed by atoms with Crippen LogP contribution in [0, 0.1) is 11.3 Å². The fraction of sp³-hybridized carbons (Fsp3) is 0.231. The maximum Gasteiger partial charge on any atom is 0.417 e. The second-order valence-corrected chi connectivity index (χ2v) is 3.97. The summed E-state index contributed by atoms with van der Waals surface area (Å²) in [6, 6.07) is 4.79. The van der Waals surface area contributed by atoms with Crippen molar-refractivity contribution in [2.75, 3.05) is 6.61 Å². The van der Waals surface area contributed by atoms with E-state index in [0.29, 0.717) is 0 Å². The largest absolute Gasteiger partial charge is 0.462 e. The maximum atomic E-state index is 12.7. The molecule has 1 aromatic carbocycles. The first-order valence-electron chi connectivity index (χ1n) is 5.45. The van der Waals surface area contributed by atoms with Gasteiger partial charge in [-0.05, 0) is 24.6 Å². The van der Waals surface area contributed by atoms with E-state index in [1.807, 2.05) is 0 Å². The molecule has 0 saturated carbocycles. The molecule has 1 aromatic rings. The molecule has 0 atom stereocenters. The summed E-state index contributed by atoms with van der Waals surface area (Å²) in [5.74, 6) is -0.913. The van der Waals surface area contributed by atoms with Gasteiger partial charge in [-0.2, -0.15) is 18.4 Å². The molecule has 0 unspecified atom stereocenters. The van der Waals surface area contributed by atoms with Gasteiger partial charge < -0.3 is 4.74 Å². The standard InChI is InChI=1S/C13H9ClF3NO2/c1-2-20-12(19)9(7-18)6-8-4-3-5-10(11(8)14)13(15,16)17/h3-6H,2H2,1H3/b9-6-. The van der Waals surface area contributed by atoms with Crippen LogP contribution in [-0.2, 0) is 15.7 Å². The van der Waals surface area contributed by atoms with Gasteiger partial charge >= 0.3 is 12.1 Å². The highest BCUT2D eigenvalue weighted by molar-refractivity contribution is 6.33. The van der Waals surface area contributed by atoms with Gasteiger partial charge in [0.05, 0.1) is 17.2 Å². The molecule has 0 spiro atoms. The number of benzene rings is 1. The summed E-state index contributed by atoms with van der Waals surface area (Å²) in [5, 5.41) is 8.25. The lowest BCUT2D eigenvalue weighted by molar-refractivity contribution is -0.138. The highest BCUT2D eigenvalue weighted by atomic mass is 35.5. The predicted molar refractivity (Wildman–Crippen MR) is 66.7 cm³/mol. The van der Waals surface area contributed by atoms with Crippen LogP contribution in [0.5, 0.6) is 0 Å². The number of hydrogen-bond acceptors (Lipinski definition) is 3. The summed E-state index contributed by atoms with van der Waals surface area (Å²) in [5.41, 5.74) is -1.53. The third kappa shape index (κ3) is 3.75. The van der Waals surface area contributed by atoms with Crippen molar-refractivity contribution >= 4 is 23.6 Å². The first kappa shape index (κ1) is 16.1. The van der Waals surface area contributed by atoms with Crippen molar-refractivity contribution in [3.05, 3.63) is 39.9 Å². The Kier molecular flexibility index (Phi) is 5.17. The van der Waals surface area contributed by atoms with E-state index in [0.717, 1.165) is 18.2 Å². The van der Waals surface area contributed by atoms with Crippen LogP contribution in [-0.4, -0.2) is 12.6 Å². The minimum Gasteiger partial charge on any atom is -0.462 e. The monoisotopic (exact) mass is 303 g/mol. The zero-order chi connectivity index (χ0) is 15.3. The van der Waals surface area contributed by atoms with E-state index in [1.165, 1.54) is 6.07 Å². The highest BCUT2D eigenvalue weighted by Gasteiger charge is 2.33. The average molecular weight is 304 g/mol. The molecule has 0 N–H and O–H groups in total. The van der Waals surface area contributed by atoms with Crippen molar-refractivity contribution in [2.45, 2.75) is 13.1 Å². The van der Waals surface area contributed by atoms with Crippen molar-refractivity contribution in [1.82, 2.24) is 0 Å². The van der Waals surface area contributed by atoms with Gasteiger partial charge in [0, 0.05) is 0 Å². The van der Waals surface area contributed by atoms with Crippen LogP contribution < -0.4 is 0 Å². The molecule has 0 aliphatic rings. The maximum absolute atomic E-state index is 12.7.